The van der Waals surface area contributed by atoms with Gasteiger partial charge in [-0.3, -0.25) is 0 Å². The summed E-state index contributed by atoms with van der Waals surface area (Å²) >= 11 is 12.6. The zero-order chi connectivity index (χ0) is 16.0. The van der Waals surface area contributed by atoms with Crippen molar-refractivity contribution in [3.63, 3.8) is 0 Å². The van der Waals surface area contributed by atoms with Gasteiger partial charge in [-0.1, -0.05) is 63.0 Å². The molecule has 4 heteroatoms. The minimum Gasteiger partial charge on any atom is -0.376 e. The Bertz CT molecular complexity index is 443. The standard InChI is InChI=1S/C17H27Cl2NO/c1-6-11-20-15(16(21-7-2)17(3,4)5)12-9-8-10-13(18)14(12)19/h8-10,15-16,20H,6-7,11H2,1-5H3. The molecule has 0 heterocycles. The van der Waals surface area contributed by atoms with Crippen LogP contribution in [-0.2, 0) is 4.74 Å². The van der Waals surface area contributed by atoms with Crippen molar-refractivity contribution in [1.82, 2.24) is 5.32 Å². The van der Waals surface area contributed by atoms with E-state index in [1.54, 1.807) is 0 Å². The van der Waals surface area contributed by atoms with Crippen LogP contribution < -0.4 is 5.32 Å². The molecule has 120 valence electrons. The summed E-state index contributed by atoms with van der Waals surface area (Å²) in [5, 5.41) is 4.77. The van der Waals surface area contributed by atoms with Crippen LogP contribution in [0.5, 0.6) is 0 Å². The average molecular weight is 332 g/mol. The third kappa shape index (κ3) is 5.14. The molecule has 0 aliphatic heterocycles. The van der Waals surface area contributed by atoms with E-state index in [1.807, 2.05) is 25.1 Å². The molecule has 0 saturated carbocycles. The fourth-order valence-electron chi connectivity index (χ4n) is 2.47. The Morgan fingerprint density at radius 1 is 1.19 bits per heavy atom. The van der Waals surface area contributed by atoms with E-state index in [-0.39, 0.29) is 17.6 Å². The molecular weight excluding hydrogens is 305 g/mol. The second kappa shape index (κ2) is 8.38. The van der Waals surface area contributed by atoms with Crippen LogP contribution in [-0.4, -0.2) is 19.3 Å². The van der Waals surface area contributed by atoms with Gasteiger partial charge < -0.3 is 10.1 Å². The number of halogens is 2. The molecule has 0 spiro atoms. The van der Waals surface area contributed by atoms with Crippen LogP contribution in [0.25, 0.3) is 0 Å². The first-order valence-corrected chi connectivity index (χ1v) is 8.37. The Balaban J connectivity index is 3.22. The number of benzene rings is 1. The quantitative estimate of drug-likeness (QED) is 0.713. The van der Waals surface area contributed by atoms with Crippen molar-refractivity contribution in [2.24, 2.45) is 5.41 Å². The molecule has 0 aliphatic carbocycles. The smallest absolute Gasteiger partial charge is 0.0818 e. The Morgan fingerprint density at radius 3 is 2.38 bits per heavy atom. The van der Waals surface area contributed by atoms with Crippen LogP contribution in [0.4, 0.5) is 0 Å². The zero-order valence-electron chi connectivity index (χ0n) is 13.7. The maximum atomic E-state index is 6.43. The predicted octanol–water partition coefficient (Wildman–Crippen LogP) is 5.49. The van der Waals surface area contributed by atoms with Crippen molar-refractivity contribution in [1.29, 1.82) is 0 Å². The van der Waals surface area contributed by atoms with E-state index in [4.69, 9.17) is 27.9 Å². The van der Waals surface area contributed by atoms with Gasteiger partial charge in [0, 0.05) is 6.61 Å². The molecule has 2 atom stereocenters. The Kier molecular flexibility index (Phi) is 7.49. The number of hydrogen-bond acceptors (Lipinski definition) is 2. The highest BCUT2D eigenvalue weighted by atomic mass is 35.5. The monoisotopic (exact) mass is 331 g/mol. The highest BCUT2D eigenvalue weighted by Crippen LogP contribution is 2.37. The Labute approximate surface area is 139 Å². The van der Waals surface area contributed by atoms with Gasteiger partial charge in [-0.2, -0.15) is 0 Å². The number of nitrogens with one attached hydrogen (secondary N) is 1. The summed E-state index contributed by atoms with van der Waals surface area (Å²) in [5.74, 6) is 0. The second-order valence-corrected chi connectivity index (χ2v) is 7.10. The van der Waals surface area contributed by atoms with E-state index in [2.05, 4.69) is 33.0 Å². The maximum absolute atomic E-state index is 6.43. The van der Waals surface area contributed by atoms with Gasteiger partial charge in [0.25, 0.3) is 0 Å². The van der Waals surface area contributed by atoms with E-state index in [0.717, 1.165) is 18.5 Å². The van der Waals surface area contributed by atoms with Crippen molar-refractivity contribution < 1.29 is 4.74 Å². The lowest BCUT2D eigenvalue weighted by Gasteiger charge is -2.38. The van der Waals surface area contributed by atoms with Gasteiger partial charge in [0.15, 0.2) is 0 Å². The van der Waals surface area contributed by atoms with Gasteiger partial charge >= 0.3 is 0 Å². The third-order valence-electron chi connectivity index (χ3n) is 3.43. The molecule has 1 aromatic carbocycles. The zero-order valence-corrected chi connectivity index (χ0v) is 15.2. The maximum Gasteiger partial charge on any atom is 0.0818 e. The molecule has 0 bridgehead atoms. The van der Waals surface area contributed by atoms with Crippen LogP contribution in [0, 0.1) is 5.41 Å². The first-order chi connectivity index (χ1) is 9.82. The fraction of sp³-hybridized carbons (Fsp3) is 0.647. The molecule has 0 amide bonds. The lowest BCUT2D eigenvalue weighted by atomic mass is 9.81. The summed E-state index contributed by atoms with van der Waals surface area (Å²) in [6, 6.07) is 5.81. The normalized spacial score (nSPS) is 15.0. The van der Waals surface area contributed by atoms with Crippen molar-refractivity contribution in [2.45, 2.75) is 53.2 Å². The van der Waals surface area contributed by atoms with Gasteiger partial charge in [-0.15, -0.1) is 0 Å². The molecule has 0 radical (unpaired) electrons. The van der Waals surface area contributed by atoms with Gasteiger partial charge in [0.1, 0.15) is 0 Å². The summed E-state index contributed by atoms with van der Waals surface area (Å²) < 4.78 is 6.05. The van der Waals surface area contributed by atoms with Gasteiger partial charge in [-0.25, -0.2) is 0 Å². The lowest BCUT2D eigenvalue weighted by Crippen LogP contribution is -2.42. The SMILES string of the molecule is CCCNC(c1cccc(Cl)c1Cl)C(OCC)C(C)(C)C. The van der Waals surface area contributed by atoms with Crippen molar-refractivity contribution in [2.75, 3.05) is 13.2 Å². The molecule has 1 N–H and O–H groups in total. The highest BCUT2D eigenvalue weighted by molar-refractivity contribution is 6.42. The molecule has 21 heavy (non-hydrogen) atoms. The van der Waals surface area contributed by atoms with Crippen LogP contribution in [0.1, 0.15) is 52.6 Å². The van der Waals surface area contributed by atoms with Gasteiger partial charge in [0.05, 0.1) is 22.2 Å². The third-order valence-corrected chi connectivity index (χ3v) is 4.27. The Hall–Kier alpha value is -0.280. The summed E-state index contributed by atoms with van der Waals surface area (Å²) in [5.41, 5.74) is 0.999. The van der Waals surface area contributed by atoms with E-state index < -0.39 is 0 Å². The molecule has 2 nitrogen and oxygen atoms in total. The van der Waals surface area contributed by atoms with Crippen molar-refractivity contribution >= 4 is 23.2 Å². The molecule has 0 fully saturated rings. The number of ether oxygens (including phenoxy) is 1. The first-order valence-electron chi connectivity index (χ1n) is 7.61. The minimum atomic E-state index is -0.00688. The van der Waals surface area contributed by atoms with Gasteiger partial charge in [0.2, 0.25) is 0 Å². The van der Waals surface area contributed by atoms with Crippen molar-refractivity contribution in [3.8, 4) is 0 Å². The van der Waals surface area contributed by atoms with E-state index in [0.29, 0.717) is 16.7 Å². The molecule has 0 aliphatic rings. The molecule has 2 unspecified atom stereocenters. The Morgan fingerprint density at radius 2 is 1.86 bits per heavy atom. The molecular formula is C17H27Cl2NO. The van der Waals surface area contributed by atoms with Gasteiger partial charge in [-0.05, 0) is 36.9 Å². The molecule has 0 aromatic heterocycles. The first kappa shape index (κ1) is 18.8. The second-order valence-electron chi connectivity index (χ2n) is 6.32. The van der Waals surface area contributed by atoms with Crippen LogP contribution >= 0.6 is 23.2 Å². The summed E-state index contributed by atoms with van der Waals surface area (Å²) in [7, 11) is 0. The van der Waals surface area contributed by atoms with E-state index in [9.17, 15) is 0 Å². The number of hydrogen-bond donors (Lipinski definition) is 1. The van der Waals surface area contributed by atoms with Crippen molar-refractivity contribution in [3.05, 3.63) is 33.8 Å². The summed E-state index contributed by atoms with van der Waals surface area (Å²) in [6.45, 7) is 12.3. The highest BCUT2D eigenvalue weighted by Gasteiger charge is 2.34. The predicted molar refractivity (Wildman–Crippen MR) is 92.4 cm³/mol. The van der Waals surface area contributed by atoms with E-state index in [1.165, 1.54) is 0 Å². The molecule has 1 aromatic rings. The molecule has 1 rings (SSSR count). The topological polar surface area (TPSA) is 21.3 Å². The summed E-state index contributed by atoms with van der Waals surface area (Å²) in [6.07, 6.45) is 1.07. The average Bonchev–Trinajstić information content (AvgIpc) is 2.41. The lowest BCUT2D eigenvalue weighted by molar-refractivity contribution is -0.0365. The molecule has 0 saturated heterocycles. The fourth-order valence-corrected chi connectivity index (χ4v) is 2.89. The summed E-state index contributed by atoms with van der Waals surface area (Å²) in [4.78, 5) is 0. The van der Waals surface area contributed by atoms with Crippen LogP contribution in [0.3, 0.4) is 0 Å². The minimum absolute atomic E-state index is 0.00688. The van der Waals surface area contributed by atoms with Crippen LogP contribution in [0.2, 0.25) is 10.0 Å². The van der Waals surface area contributed by atoms with E-state index >= 15 is 0 Å². The number of rotatable bonds is 7. The largest absolute Gasteiger partial charge is 0.376 e. The van der Waals surface area contributed by atoms with Crippen LogP contribution in [0.15, 0.2) is 18.2 Å².